The van der Waals surface area contributed by atoms with Gasteiger partial charge in [0.1, 0.15) is 6.10 Å². The molecule has 3 aromatic carbocycles. The second-order valence-corrected chi connectivity index (χ2v) is 10.4. The van der Waals surface area contributed by atoms with Gasteiger partial charge in [0, 0.05) is 23.5 Å². The van der Waals surface area contributed by atoms with Crippen molar-refractivity contribution in [2.24, 2.45) is 11.8 Å². The number of nitro benzene ring substituents is 1. The number of carbonyl (C=O) groups is 3. The standard InChI is InChI=1S/C31H27NO13/c1-38-22-8-14(9-23(39-2)28(22)40-3)24-16-10-20-21(44-13-43-20)11-17(16)27(18-12-42-30(34)26(18)24)45-31(35)25-15(29(33)41-4)6-5-7-19(25)32(36)37/h5-11,18,24,26-27H,12-13H2,1-4H3/t18-,24+,26-,27+/m0/s1. The lowest BCUT2D eigenvalue weighted by Gasteiger charge is -2.38. The minimum Gasteiger partial charge on any atom is -0.493 e. The van der Waals surface area contributed by atoms with Crippen LogP contribution in [-0.4, -0.2) is 64.7 Å². The van der Waals surface area contributed by atoms with Gasteiger partial charge in [-0.1, -0.05) is 6.07 Å². The summed E-state index contributed by atoms with van der Waals surface area (Å²) >= 11 is 0. The molecule has 0 bridgehead atoms. The van der Waals surface area contributed by atoms with Crippen LogP contribution in [0, 0.1) is 22.0 Å². The van der Waals surface area contributed by atoms with Gasteiger partial charge in [0.15, 0.2) is 28.6 Å². The Morgan fingerprint density at radius 1 is 0.889 bits per heavy atom. The zero-order valence-corrected chi connectivity index (χ0v) is 24.5. The van der Waals surface area contributed by atoms with E-state index in [9.17, 15) is 24.5 Å². The molecule has 0 radical (unpaired) electrons. The summed E-state index contributed by atoms with van der Waals surface area (Å²) in [7, 11) is 5.51. The van der Waals surface area contributed by atoms with Crippen molar-refractivity contribution in [3.8, 4) is 28.7 Å². The summed E-state index contributed by atoms with van der Waals surface area (Å²) in [6.45, 7) is -0.165. The molecule has 3 aromatic rings. The first-order valence-corrected chi connectivity index (χ1v) is 13.7. The predicted octanol–water partition coefficient (Wildman–Crippen LogP) is 3.97. The molecule has 0 saturated carbocycles. The highest BCUT2D eigenvalue weighted by molar-refractivity contribution is 6.06. The molecule has 14 heteroatoms. The first-order chi connectivity index (χ1) is 21.7. The van der Waals surface area contributed by atoms with E-state index in [4.69, 9.17) is 37.9 Å². The molecular weight excluding hydrogens is 594 g/mol. The van der Waals surface area contributed by atoms with Gasteiger partial charge in [0.05, 0.1) is 51.5 Å². The third-order valence-electron chi connectivity index (χ3n) is 8.25. The minimum atomic E-state index is -1.15. The molecule has 0 amide bonds. The van der Waals surface area contributed by atoms with Crippen LogP contribution in [0.1, 0.15) is 49.4 Å². The monoisotopic (exact) mass is 621 g/mol. The molecule has 0 N–H and O–H groups in total. The van der Waals surface area contributed by atoms with Crippen LogP contribution in [0.15, 0.2) is 42.5 Å². The predicted molar refractivity (Wildman–Crippen MR) is 151 cm³/mol. The van der Waals surface area contributed by atoms with Crippen LogP contribution >= 0.6 is 0 Å². The van der Waals surface area contributed by atoms with Crippen molar-refractivity contribution in [1.82, 2.24) is 0 Å². The van der Waals surface area contributed by atoms with Crippen molar-refractivity contribution in [1.29, 1.82) is 0 Å². The van der Waals surface area contributed by atoms with E-state index >= 15 is 0 Å². The largest absolute Gasteiger partial charge is 0.493 e. The van der Waals surface area contributed by atoms with Crippen LogP contribution in [-0.2, 0) is 19.0 Å². The molecule has 234 valence electrons. The number of methoxy groups -OCH3 is 4. The lowest BCUT2D eigenvalue weighted by atomic mass is 9.66. The number of nitro groups is 1. The normalized spacial score (nSPS) is 20.8. The molecular formula is C31H27NO13. The number of hydrogen-bond donors (Lipinski definition) is 0. The molecule has 1 aliphatic carbocycles. The molecule has 14 nitrogen and oxygen atoms in total. The third-order valence-corrected chi connectivity index (χ3v) is 8.25. The van der Waals surface area contributed by atoms with Crippen molar-refractivity contribution in [2.75, 3.05) is 41.8 Å². The van der Waals surface area contributed by atoms with E-state index in [0.717, 1.165) is 13.2 Å². The summed E-state index contributed by atoms with van der Waals surface area (Å²) < 4.78 is 44.2. The molecule has 3 aliphatic rings. The molecule has 0 aromatic heterocycles. The van der Waals surface area contributed by atoms with Crippen molar-refractivity contribution >= 4 is 23.6 Å². The molecule has 6 rings (SSSR count). The molecule has 2 aliphatic heterocycles. The molecule has 1 fully saturated rings. The minimum absolute atomic E-state index is 0.0505. The quantitative estimate of drug-likeness (QED) is 0.153. The SMILES string of the molecule is COC(=O)c1cccc([N+](=O)[O-])c1C(=O)O[C@@H]1c2cc3c(cc2[C@@H](c2cc(OC)c(OC)c(OC)c2)[C@H]2C(=O)OC[C@@H]21)OCO3. The Morgan fingerprint density at radius 3 is 2.16 bits per heavy atom. The van der Waals surface area contributed by atoms with Crippen molar-refractivity contribution < 1.29 is 57.2 Å². The Labute approximate surface area is 255 Å². The first kappa shape index (κ1) is 29.5. The molecule has 0 spiro atoms. The summed E-state index contributed by atoms with van der Waals surface area (Å²) in [5, 5.41) is 11.9. The summed E-state index contributed by atoms with van der Waals surface area (Å²) in [6, 6.07) is 10.4. The van der Waals surface area contributed by atoms with Gasteiger partial charge < -0.3 is 37.9 Å². The number of fused-ring (bicyclic) bond motifs is 3. The lowest BCUT2D eigenvalue weighted by molar-refractivity contribution is -0.385. The van der Waals surface area contributed by atoms with Crippen molar-refractivity contribution in [2.45, 2.75) is 12.0 Å². The van der Waals surface area contributed by atoms with E-state index in [1.165, 1.54) is 33.5 Å². The second-order valence-electron chi connectivity index (χ2n) is 10.4. The van der Waals surface area contributed by atoms with E-state index in [1.54, 1.807) is 24.3 Å². The third kappa shape index (κ3) is 4.78. The first-order valence-electron chi connectivity index (χ1n) is 13.7. The second kappa shape index (κ2) is 11.5. The fraction of sp³-hybridized carbons (Fsp3) is 0.323. The number of rotatable bonds is 8. The van der Waals surface area contributed by atoms with E-state index in [1.807, 2.05) is 0 Å². The van der Waals surface area contributed by atoms with Crippen LogP contribution in [0.4, 0.5) is 5.69 Å². The van der Waals surface area contributed by atoms with Gasteiger partial charge in [0.25, 0.3) is 5.69 Å². The van der Waals surface area contributed by atoms with Crippen LogP contribution in [0.2, 0.25) is 0 Å². The van der Waals surface area contributed by atoms with E-state index < -0.39 is 57.9 Å². The molecule has 1 saturated heterocycles. The number of cyclic esters (lactones) is 1. The number of benzene rings is 3. The van der Waals surface area contributed by atoms with Gasteiger partial charge in [-0.3, -0.25) is 14.9 Å². The zero-order chi connectivity index (χ0) is 32.0. The topological polar surface area (TPSA) is 168 Å². The number of nitrogens with zero attached hydrogens (tertiary/aromatic N) is 1. The van der Waals surface area contributed by atoms with Crippen LogP contribution in [0.25, 0.3) is 0 Å². The van der Waals surface area contributed by atoms with Gasteiger partial charge in [0.2, 0.25) is 12.5 Å². The van der Waals surface area contributed by atoms with Crippen LogP contribution in [0.3, 0.4) is 0 Å². The van der Waals surface area contributed by atoms with E-state index in [0.29, 0.717) is 45.4 Å². The Kier molecular flexibility index (Phi) is 7.56. The number of hydrogen-bond acceptors (Lipinski definition) is 13. The highest BCUT2D eigenvalue weighted by atomic mass is 16.7. The van der Waals surface area contributed by atoms with Gasteiger partial charge in [-0.2, -0.15) is 0 Å². The Bertz CT molecular complexity index is 1710. The van der Waals surface area contributed by atoms with Gasteiger partial charge >= 0.3 is 17.9 Å². The van der Waals surface area contributed by atoms with E-state index in [2.05, 4.69) is 0 Å². The average molecular weight is 622 g/mol. The zero-order valence-electron chi connectivity index (χ0n) is 24.5. The van der Waals surface area contributed by atoms with Gasteiger partial charge in [-0.15, -0.1) is 0 Å². The fourth-order valence-electron chi connectivity index (χ4n) is 6.31. The molecule has 2 heterocycles. The lowest BCUT2D eigenvalue weighted by Crippen LogP contribution is -2.37. The summed E-state index contributed by atoms with van der Waals surface area (Å²) in [6.07, 6.45) is -1.14. The Morgan fingerprint density at radius 2 is 1.56 bits per heavy atom. The van der Waals surface area contributed by atoms with E-state index in [-0.39, 0.29) is 19.0 Å². The molecule has 0 unspecified atom stereocenters. The summed E-state index contributed by atoms with van der Waals surface area (Å²) in [4.78, 5) is 50.9. The molecule has 45 heavy (non-hydrogen) atoms. The number of ether oxygens (including phenoxy) is 8. The Hall–Kier alpha value is -5.53. The van der Waals surface area contributed by atoms with Crippen LogP contribution < -0.4 is 23.7 Å². The van der Waals surface area contributed by atoms with Crippen LogP contribution in [0.5, 0.6) is 28.7 Å². The average Bonchev–Trinajstić information content (AvgIpc) is 3.68. The maximum Gasteiger partial charge on any atom is 0.346 e. The highest BCUT2D eigenvalue weighted by Gasteiger charge is 2.54. The molecule has 4 atom stereocenters. The van der Waals surface area contributed by atoms with Gasteiger partial charge in [-0.25, -0.2) is 9.59 Å². The van der Waals surface area contributed by atoms with Crippen molar-refractivity contribution in [3.63, 3.8) is 0 Å². The Balaban J connectivity index is 1.53. The van der Waals surface area contributed by atoms with Gasteiger partial charge in [-0.05, 0) is 41.5 Å². The summed E-state index contributed by atoms with van der Waals surface area (Å²) in [5.74, 6) is -3.05. The number of carbonyl (C=O) groups excluding carboxylic acids is 3. The number of esters is 3. The maximum atomic E-state index is 13.8. The fourth-order valence-corrected chi connectivity index (χ4v) is 6.31. The highest BCUT2D eigenvalue weighted by Crippen LogP contribution is 2.56. The maximum absolute atomic E-state index is 13.8. The smallest absolute Gasteiger partial charge is 0.346 e. The van der Waals surface area contributed by atoms with Crippen molar-refractivity contribution in [3.05, 3.63) is 80.4 Å². The summed E-state index contributed by atoms with van der Waals surface area (Å²) in [5.41, 5.74) is 0.0746.